The van der Waals surface area contributed by atoms with Crippen LogP contribution in [0.25, 0.3) is 0 Å². The third-order valence-electron chi connectivity index (χ3n) is 4.21. The van der Waals surface area contributed by atoms with E-state index in [9.17, 15) is 9.90 Å². The maximum atomic E-state index is 11.1. The molecule has 0 unspecified atom stereocenters. The van der Waals surface area contributed by atoms with Crippen LogP contribution < -0.4 is 10.1 Å². The minimum absolute atomic E-state index is 0.159. The number of carbonyl (C=O) groups is 1. The molecule has 1 aliphatic carbocycles. The molecule has 1 saturated carbocycles. The Balaban J connectivity index is 1.70. The molecule has 5 heteroatoms. The van der Waals surface area contributed by atoms with Crippen molar-refractivity contribution in [1.82, 2.24) is 5.32 Å². The second-order valence-corrected chi connectivity index (χ2v) is 5.96. The Kier molecular flexibility index (Phi) is 7.20. The molecule has 2 atom stereocenters. The van der Waals surface area contributed by atoms with Crippen LogP contribution in [0.2, 0.25) is 0 Å². The van der Waals surface area contributed by atoms with Crippen LogP contribution >= 0.6 is 0 Å². The molecule has 0 heterocycles. The summed E-state index contributed by atoms with van der Waals surface area (Å²) in [5.41, 5.74) is 1.23. The van der Waals surface area contributed by atoms with Crippen LogP contribution in [0.4, 0.5) is 4.79 Å². The van der Waals surface area contributed by atoms with E-state index in [0.29, 0.717) is 25.7 Å². The van der Waals surface area contributed by atoms with Crippen molar-refractivity contribution in [2.75, 3.05) is 19.8 Å². The van der Waals surface area contributed by atoms with Gasteiger partial charge in [-0.25, -0.2) is 4.79 Å². The number of ether oxygens (including phenoxy) is 2. The zero-order valence-electron chi connectivity index (χ0n) is 13.8. The summed E-state index contributed by atoms with van der Waals surface area (Å²) in [6.07, 6.45) is 4.75. The Hall–Kier alpha value is -1.75. The van der Waals surface area contributed by atoms with Gasteiger partial charge in [-0.3, -0.25) is 0 Å². The highest BCUT2D eigenvalue weighted by atomic mass is 16.5. The lowest BCUT2D eigenvalue weighted by Crippen LogP contribution is -2.28. The Morgan fingerprint density at radius 3 is 2.70 bits per heavy atom. The van der Waals surface area contributed by atoms with Gasteiger partial charge in [-0.05, 0) is 49.8 Å². The van der Waals surface area contributed by atoms with Gasteiger partial charge < -0.3 is 19.9 Å². The largest absolute Gasteiger partial charge is 0.492 e. The van der Waals surface area contributed by atoms with Crippen LogP contribution in [0, 0.1) is 5.92 Å². The first kappa shape index (κ1) is 17.6. The van der Waals surface area contributed by atoms with Gasteiger partial charge in [-0.2, -0.15) is 0 Å². The number of hydrogen-bond acceptors (Lipinski definition) is 4. The molecule has 0 bridgehead atoms. The van der Waals surface area contributed by atoms with Crippen LogP contribution in [0.5, 0.6) is 5.75 Å². The van der Waals surface area contributed by atoms with Crippen molar-refractivity contribution in [3.63, 3.8) is 0 Å². The molecule has 1 amide bonds. The predicted octanol–water partition coefficient (Wildman–Crippen LogP) is 2.91. The van der Waals surface area contributed by atoms with Gasteiger partial charge in [0.1, 0.15) is 12.4 Å². The number of hydrogen-bond donors (Lipinski definition) is 2. The SMILES string of the molecule is CCOC(=O)NCCOc1ccc(C[C@H]2CCCC[C@@H]2O)cc1. The summed E-state index contributed by atoms with van der Waals surface area (Å²) in [4.78, 5) is 11.1. The summed E-state index contributed by atoms with van der Waals surface area (Å²) in [5.74, 6) is 1.16. The average Bonchev–Trinajstić information content (AvgIpc) is 2.55. The number of rotatable bonds is 7. The van der Waals surface area contributed by atoms with Crippen molar-refractivity contribution in [3.8, 4) is 5.75 Å². The fourth-order valence-electron chi connectivity index (χ4n) is 2.95. The molecule has 0 radical (unpaired) electrons. The van der Waals surface area contributed by atoms with Crippen LogP contribution in [0.3, 0.4) is 0 Å². The first-order chi connectivity index (χ1) is 11.2. The molecule has 1 aromatic rings. The molecule has 0 aromatic heterocycles. The second kappa shape index (κ2) is 9.40. The third kappa shape index (κ3) is 6.10. The molecule has 5 nitrogen and oxygen atoms in total. The molecule has 2 N–H and O–H groups in total. The highest BCUT2D eigenvalue weighted by Crippen LogP contribution is 2.27. The van der Waals surface area contributed by atoms with E-state index in [1.54, 1.807) is 6.92 Å². The van der Waals surface area contributed by atoms with Gasteiger partial charge in [0.15, 0.2) is 0 Å². The molecule has 23 heavy (non-hydrogen) atoms. The number of aliphatic hydroxyl groups is 1. The molecule has 1 aliphatic rings. The van der Waals surface area contributed by atoms with E-state index in [2.05, 4.69) is 17.4 Å². The van der Waals surface area contributed by atoms with Crippen molar-refractivity contribution in [2.45, 2.75) is 45.1 Å². The standard InChI is InChI=1S/C18H27NO4/c1-2-22-18(21)19-11-12-23-16-9-7-14(8-10-16)13-15-5-3-4-6-17(15)20/h7-10,15,17,20H,2-6,11-13H2,1H3,(H,19,21)/t15-,17+/m1/s1. The van der Waals surface area contributed by atoms with E-state index in [1.807, 2.05) is 12.1 Å². The Morgan fingerprint density at radius 1 is 1.26 bits per heavy atom. The second-order valence-electron chi connectivity index (χ2n) is 5.96. The van der Waals surface area contributed by atoms with E-state index < -0.39 is 6.09 Å². The lowest BCUT2D eigenvalue weighted by atomic mass is 9.82. The summed E-state index contributed by atoms with van der Waals surface area (Å²) in [6, 6.07) is 7.98. The van der Waals surface area contributed by atoms with Gasteiger partial charge in [-0.1, -0.05) is 25.0 Å². The van der Waals surface area contributed by atoms with Crippen molar-refractivity contribution in [1.29, 1.82) is 0 Å². The molecular weight excluding hydrogens is 294 g/mol. The lowest BCUT2D eigenvalue weighted by Gasteiger charge is -2.27. The van der Waals surface area contributed by atoms with Crippen LogP contribution in [0.15, 0.2) is 24.3 Å². The monoisotopic (exact) mass is 321 g/mol. The minimum atomic E-state index is -0.419. The number of alkyl carbamates (subject to hydrolysis) is 1. The molecule has 1 fully saturated rings. The molecule has 0 aliphatic heterocycles. The van der Waals surface area contributed by atoms with Crippen LogP contribution in [-0.2, 0) is 11.2 Å². The number of amides is 1. The van der Waals surface area contributed by atoms with Gasteiger partial charge in [0.05, 0.1) is 19.3 Å². The number of aliphatic hydroxyl groups excluding tert-OH is 1. The first-order valence-electron chi connectivity index (χ1n) is 8.49. The van der Waals surface area contributed by atoms with Crippen molar-refractivity contribution >= 4 is 6.09 Å². The van der Waals surface area contributed by atoms with E-state index in [0.717, 1.165) is 31.4 Å². The summed E-state index contributed by atoms with van der Waals surface area (Å²) in [5, 5.41) is 12.7. The van der Waals surface area contributed by atoms with E-state index >= 15 is 0 Å². The predicted molar refractivity (Wildman–Crippen MR) is 88.6 cm³/mol. The highest BCUT2D eigenvalue weighted by Gasteiger charge is 2.22. The third-order valence-corrected chi connectivity index (χ3v) is 4.21. The zero-order valence-corrected chi connectivity index (χ0v) is 13.8. The summed E-state index contributed by atoms with van der Waals surface area (Å²) in [6.45, 7) is 2.95. The Morgan fingerprint density at radius 2 is 2.00 bits per heavy atom. The number of carbonyl (C=O) groups excluding carboxylic acids is 1. The van der Waals surface area contributed by atoms with Gasteiger partial charge >= 0.3 is 6.09 Å². The first-order valence-corrected chi connectivity index (χ1v) is 8.49. The maximum Gasteiger partial charge on any atom is 0.407 e. The minimum Gasteiger partial charge on any atom is -0.492 e. The highest BCUT2D eigenvalue weighted by molar-refractivity contribution is 5.66. The van der Waals surface area contributed by atoms with Crippen LogP contribution in [-0.4, -0.2) is 37.1 Å². The van der Waals surface area contributed by atoms with E-state index in [4.69, 9.17) is 9.47 Å². The Labute approximate surface area is 138 Å². The normalized spacial score (nSPS) is 20.8. The quantitative estimate of drug-likeness (QED) is 0.758. The molecule has 1 aromatic carbocycles. The number of nitrogens with one attached hydrogen (secondary N) is 1. The van der Waals surface area contributed by atoms with Gasteiger partial charge in [0.25, 0.3) is 0 Å². The van der Waals surface area contributed by atoms with Crippen molar-refractivity contribution in [2.24, 2.45) is 5.92 Å². The van der Waals surface area contributed by atoms with Gasteiger partial charge in [0.2, 0.25) is 0 Å². The fourth-order valence-corrected chi connectivity index (χ4v) is 2.95. The number of benzene rings is 1. The smallest absolute Gasteiger partial charge is 0.407 e. The molecule has 2 rings (SSSR count). The molecule has 0 saturated heterocycles. The molecular formula is C18H27NO4. The Bertz CT molecular complexity index is 474. The summed E-state index contributed by atoms with van der Waals surface area (Å²) >= 11 is 0. The average molecular weight is 321 g/mol. The van der Waals surface area contributed by atoms with Crippen molar-refractivity contribution in [3.05, 3.63) is 29.8 Å². The van der Waals surface area contributed by atoms with E-state index in [-0.39, 0.29) is 6.10 Å². The zero-order chi connectivity index (χ0) is 16.5. The van der Waals surface area contributed by atoms with Crippen LogP contribution in [0.1, 0.15) is 38.2 Å². The molecule has 128 valence electrons. The van der Waals surface area contributed by atoms with Gasteiger partial charge in [0, 0.05) is 0 Å². The van der Waals surface area contributed by atoms with E-state index in [1.165, 1.54) is 12.0 Å². The topological polar surface area (TPSA) is 67.8 Å². The van der Waals surface area contributed by atoms with Gasteiger partial charge in [-0.15, -0.1) is 0 Å². The summed E-state index contributed by atoms with van der Waals surface area (Å²) < 4.78 is 10.3. The summed E-state index contributed by atoms with van der Waals surface area (Å²) in [7, 11) is 0. The lowest BCUT2D eigenvalue weighted by molar-refractivity contribution is 0.0700. The maximum absolute atomic E-state index is 11.1. The molecule has 0 spiro atoms. The fraction of sp³-hybridized carbons (Fsp3) is 0.611. The van der Waals surface area contributed by atoms with Crippen molar-refractivity contribution < 1.29 is 19.4 Å².